The molecule has 1 fully saturated rings. The molecular formula is C11H22N2O. The van der Waals surface area contributed by atoms with Crippen molar-refractivity contribution >= 4 is 5.91 Å². The summed E-state index contributed by atoms with van der Waals surface area (Å²) in [6, 6.07) is 0.345. The van der Waals surface area contributed by atoms with Crippen molar-refractivity contribution in [2.24, 2.45) is 11.8 Å². The number of amides is 1. The fourth-order valence-electron chi connectivity index (χ4n) is 1.61. The van der Waals surface area contributed by atoms with Gasteiger partial charge in [-0.05, 0) is 25.3 Å². The maximum atomic E-state index is 11.7. The van der Waals surface area contributed by atoms with Crippen molar-refractivity contribution < 1.29 is 4.79 Å². The van der Waals surface area contributed by atoms with Gasteiger partial charge in [-0.15, -0.1) is 0 Å². The molecule has 1 rings (SSSR count). The van der Waals surface area contributed by atoms with Crippen LogP contribution in [0.15, 0.2) is 0 Å². The van der Waals surface area contributed by atoms with E-state index in [1.54, 1.807) is 0 Å². The summed E-state index contributed by atoms with van der Waals surface area (Å²) in [6.45, 7) is 8.19. The van der Waals surface area contributed by atoms with Gasteiger partial charge in [0, 0.05) is 18.5 Å². The summed E-state index contributed by atoms with van der Waals surface area (Å²) < 4.78 is 0. The van der Waals surface area contributed by atoms with Gasteiger partial charge in [0.15, 0.2) is 0 Å². The topological polar surface area (TPSA) is 41.1 Å². The van der Waals surface area contributed by atoms with Gasteiger partial charge < -0.3 is 10.6 Å². The van der Waals surface area contributed by atoms with E-state index in [1.807, 2.05) is 6.92 Å². The lowest BCUT2D eigenvalue weighted by molar-refractivity contribution is -0.126. The van der Waals surface area contributed by atoms with E-state index in [9.17, 15) is 4.79 Å². The fraction of sp³-hybridized carbons (Fsp3) is 0.909. The van der Waals surface area contributed by atoms with Gasteiger partial charge in [0.25, 0.3) is 0 Å². The quantitative estimate of drug-likeness (QED) is 0.714. The van der Waals surface area contributed by atoms with Gasteiger partial charge >= 0.3 is 0 Å². The van der Waals surface area contributed by atoms with E-state index in [2.05, 4.69) is 24.5 Å². The molecule has 0 radical (unpaired) electrons. The van der Waals surface area contributed by atoms with Crippen LogP contribution in [0.5, 0.6) is 0 Å². The van der Waals surface area contributed by atoms with Crippen molar-refractivity contribution in [3.8, 4) is 0 Å². The van der Waals surface area contributed by atoms with E-state index >= 15 is 0 Å². The maximum Gasteiger partial charge on any atom is 0.223 e. The number of rotatable bonds is 3. The molecule has 1 aliphatic rings. The van der Waals surface area contributed by atoms with E-state index < -0.39 is 0 Å². The molecule has 0 aromatic heterocycles. The number of hydrogen-bond acceptors (Lipinski definition) is 2. The number of carbonyl (C=O) groups is 1. The van der Waals surface area contributed by atoms with Gasteiger partial charge in [0.2, 0.25) is 5.91 Å². The van der Waals surface area contributed by atoms with Gasteiger partial charge in [-0.3, -0.25) is 4.79 Å². The van der Waals surface area contributed by atoms with E-state index in [-0.39, 0.29) is 11.8 Å². The Balaban J connectivity index is 2.31. The molecule has 14 heavy (non-hydrogen) atoms. The van der Waals surface area contributed by atoms with Crippen LogP contribution in [-0.4, -0.2) is 25.0 Å². The zero-order valence-electron chi connectivity index (χ0n) is 9.47. The summed E-state index contributed by atoms with van der Waals surface area (Å²) in [7, 11) is 0. The second-order valence-electron chi connectivity index (χ2n) is 4.58. The van der Waals surface area contributed by atoms with Crippen LogP contribution >= 0.6 is 0 Å². The third kappa shape index (κ3) is 3.29. The molecule has 3 nitrogen and oxygen atoms in total. The zero-order valence-corrected chi connectivity index (χ0v) is 9.47. The van der Waals surface area contributed by atoms with E-state index in [4.69, 9.17) is 0 Å². The average molecular weight is 198 g/mol. The molecule has 0 aromatic rings. The van der Waals surface area contributed by atoms with Crippen molar-refractivity contribution in [3.05, 3.63) is 0 Å². The predicted molar refractivity (Wildman–Crippen MR) is 58.0 cm³/mol. The Morgan fingerprint density at radius 2 is 2.14 bits per heavy atom. The summed E-state index contributed by atoms with van der Waals surface area (Å²) in [5.74, 6) is 0.747. The Morgan fingerprint density at radius 1 is 1.43 bits per heavy atom. The van der Waals surface area contributed by atoms with Gasteiger partial charge in [0.1, 0.15) is 0 Å². The fourth-order valence-corrected chi connectivity index (χ4v) is 1.61. The first-order chi connectivity index (χ1) is 6.61. The SMILES string of the molecule is CC(C)C(C)C(=O)N[C@@H]1CCCNC1. The van der Waals surface area contributed by atoms with Crippen LogP contribution in [0.3, 0.4) is 0 Å². The van der Waals surface area contributed by atoms with Crippen LogP contribution in [0, 0.1) is 11.8 Å². The van der Waals surface area contributed by atoms with Gasteiger partial charge in [-0.2, -0.15) is 0 Å². The van der Waals surface area contributed by atoms with Crippen molar-refractivity contribution in [1.29, 1.82) is 0 Å². The van der Waals surface area contributed by atoms with Crippen LogP contribution in [0.1, 0.15) is 33.6 Å². The van der Waals surface area contributed by atoms with Gasteiger partial charge in [-0.1, -0.05) is 20.8 Å². The summed E-state index contributed by atoms with van der Waals surface area (Å²) in [5.41, 5.74) is 0. The molecule has 1 unspecified atom stereocenters. The highest BCUT2D eigenvalue weighted by Gasteiger charge is 2.20. The number of nitrogens with one attached hydrogen (secondary N) is 2. The van der Waals surface area contributed by atoms with Crippen LogP contribution < -0.4 is 10.6 Å². The predicted octanol–water partition coefficient (Wildman–Crippen LogP) is 1.15. The van der Waals surface area contributed by atoms with Crippen molar-refractivity contribution in [1.82, 2.24) is 10.6 Å². The molecule has 82 valence electrons. The Kier molecular flexibility index (Phi) is 4.39. The molecule has 0 saturated carbocycles. The van der Waals surface area contributed by atoms with Crippen LogP contribution in [0.2, 0.25) is 0 Å². The Labute approximate surface area is 86.6 Å². The molecule has 1 aliphatic heterocycles. The van der Waals surface area contributed by atoms with Crippen LogP contribution in [0.4, 0.5) is 0 Å². The average Bonchev–Trinajstić information content (AvgIpc) is 2.18. The zero-order chi connectivity index (χ0) is 10.6. The third-order valence-corrected chi connectivity index (χ3v) is 3.06. The molecule has 2 N–H and O–H groups in total. The molecule has 3 heteroatoms. The Morgan fingerprint density at radius 3 is 2.64 bits per heavy atom. The molecule has 1 amide bonds. The van der Waals surface area contributed by atoms with E-state index in [1.165, 1.54) is 6.42 Å². The second-order valence-corrected chi connectivity index (χ2v) is 4.58. The minimum absolute atomic E-state index is 0.122. The van der Waals surface area contributed by atoms with Gasteiger partial charge in [-0.25, -0.2) is 0 Å². The minimum Gasteiger partial charge on any atom is -0.352 e. The summed E-state index contributed by atoms with van der Waals surface area (Å²) in [6.07, 6.45) is 2.28. The molecule has 0 bridgehead atoms. The Bertz CT molecular complexity index is 186. The number of carbonyl (C=O) groups excluding carboxylic acids is 1. The number of piperidine rings is 1. The first-order valence-electron chi connectivity index (χ1n) is 5.62. The molecular weight excluding hydrogens is 176 g/mol. The Hall–Kier alpha value is -0.570. The van der Waals surface area contributed by atoms with Crippen molar-refractivity contribution in [2.45, 2.75) is 39.7 Å². The van der Waals surface area contributed by atoms with Crippen molar-refractivity contribution in [3.63, 3.8) is 0 Å². The molecule has 1 heterocycles. The van der Waals surface area contributed by atoms with Gasteiger partial charge in [0.05, 0.1) is 0 Å². The van der Waals surface area contributed by atoms with Crippen LogP contribution in [0.25, 0.3) is 0 Å². The molecule has 0 aliphatic carbocycles. The largest absolute Gasteiger partial charge is 0.352 e. The molecule has 0 spiro atoms. The lowest BCUT2D eigenvalue weighted by Gasteiger charge is -2.26. The first kappa shape index (κ1) is 11.5. The normalized spacial score (nSPS) is 24.7. The standard InChI is InChI=1S/C11H22N2O/c1-8(2)9(3)11(14)13-10-5-4-6-12-7-10/h8-10,12H,4-7H2,1-3H3,(H,13,14)/t9?,10-/m1/s1. The highest BCUT2D eigenvalue weighted by atomic mass is 16.1. The highest BCUT2D eigenvalue weighted by Crippen LogP contribution is 2.10. The lowest BCUT2D eigenvalue weighted by atomic mass is 9.96. The van der Waals surface area contributed by atoms with Crippen molar-refractivity contribution in [2.75, 3.05) is 13.1 Å². The summed E-state index contributed by atoms with van der Waals surface area (Å²) in [4.78, 5) is 11.7. The van der Waals surface area contributed by atoms with Crippen LogP contribution in [-0.2, 0) is 4.79 Å². The summed E-state index contributed by atoms with van der Waals surface area (Å²) in [5, 5.41) is 6.39. The van der Waals surface area contributed by atoms with E-state index in [0.29, 0.717) is 12.0 Å². The minimum atomic E-state index is 0.122. The molecule has 1 saturated heterocycles. The lowest BCUT2D eigenvalue weighted by Crippen LogP contribution is -2.47. The maximum absolute atomic E-state index is 11.7. The molecule has 0 aromatic carbocycles. The summed E-state index contributed by atoms with van der Waals surface area (Å²) >= 11 is 0. The third-order valence-electron chi connectivity index (χ3n) is 3.06. The smallest absolute Gasteiger partial charge is 0.223 e. The highest BCUT2D eigenvalue weighted by molar-refractivity contribution is 5.78. The van der Waals surface area contributed by atoms with E-state index in [0.717, 1.165) is 19.5 Å². The number of hydrogen-bond donors (Lipinski definition) is 2. The second kappa shape index (κ2) is 5.35. The first-order valence-corrected chi connectivity index (χ1v) is 5.62. The molecule has 2 atom stereocenters. The monoisotopic (exact) mass is 198 g/mol.